The molecule has 1 aromatic carbocycles. The summed E-state index contributed by atoms with van der Waals surface area (Å²) in [5.41, 5.74) is 6.15. The van der Waals surface area contributed by atoms with E-state index in [4.69, 9.17) is 5.73 Å². The van der Waals surface area contributed by atoms with Crippen molar-refractivity contribution in [3.8, 4) is 0 Å². The van der Waals surface area contributed by atoms with Gasteiger partial charge in [-0.15, -0.1) is 11.8 Å². The van der Waals surface area contributed by atoms with E-state index in [9.17, 15) is 12.8 Å². The van der Waals surface area contributed by atoms with Crippen LogP contribution in [0.5, 0.6) is 0 Å². The van der Waals surface area contributed by atoms with E-state index in [1.807, 2.05) is 0 Å². The van der Waals surface area contributed by atoms with Crippen LogP contribution in [0.15, 0.2) is 23.1 Å². The lowest BCUT2D eigenvalue weighted by atomic mass is 10.1. The average molecular weight is 277 g/mol. The lowest BCUT2D eigenvalue weighted by Gasteiger charge is -2.12. The molecule has 0 radical (unpaired) electrons. The van der Waals surface area contributed by atoms with Gasteiger partial charge in [0.25, 0.3) is 0 Å². The van der Waals surface area contributed by atoms with Gasteiger partial charge in [-0.3, -0.25) is 0 Å². The minimum Gasteiger partial charge on any atom is -0.324 e. The van der Waals surface area contributed by atoms with Crippen LogP contribution in [-0.4, -0.2) is 26.2 Å². The van der Waals surface area contributed by atoms with E-state index in [2.05, 4.69) is 0 Å². The number of sulfone groups is 1. The molecule has 0 aliphatic heterocycles. The Kier molecular flexibility index (Phi) is 4.97. The fourth-order valence-electron chi connectivity index (χ4n) is 1.39. The number of benzene rings is 1. The summed E-state index contributed by atoms with van der Waals surface area (Å²) in [5, 5.41) is 0. The molecule has 0 bridgehead atoms. The molecule has 0 aliphatic carbocycles. The molecule has 0 saturated carbocycles. The topological polar surface area (TPSA) is 60.2 Å². The monoisotopic (exact) mass is 277 g/mol. The van der Waals surface area contributed by atoms with Crippen LogP contribution in [-0.2, 0) is 9.84 Å². The zero-order valence-electron chi connectivity index (χ0n) is 9.81. The Bertz CT molecular complexity index is 486. The van der Waals surface area contributed by atoms with E-state index in [0.717, 1.165) is 0 Å². The third-order valence-electron chi connectivity index (χ3n) is 2.18. The highest BCUT2D eigenvalue weighted by Gasteiger charge is 2.13. The van der Waals surface area contributed by atoms with Crippen LogP contribution < -0.4 is 5.73 Å². The molecule has 17 heavy (non-hydrogen) atoms. The minimum absolute atomic E-state index is 0.0760. The highest BCUT2D eigenvalue weighted by molar-refractivity contribution is 8.00. The maximum Gasteiger partial charge on any atom is 0.148 e. The average Bonchev–Trinajstić information content (AvgIpc) is 2.14. The van der Waals surface area contributed by atoms with Crippen molar-refractivity contribution in [3.63, 3.8) is 0 Å². The molecule has 0 aliphatic rings. The third kappa shape index (κ3) is 4.65. The standard InChI is InChI=1S/C11H16FNO2S2/c1-8(13)11-9(12)4-3-5-10(11)16-6-7-17(2,14)15/h3-5,8H,6-7,13H2,1-2H3/t8-/m0/s1. The Morgan fingerprint density at radius 3 is 2.65 bits per heavy atom. The zero-order chi connectivity index (χ0) is 13.1. The molecule has 1 aromatic rings. The Labute approximate surface area is 106 Å². The molecule has 0 unspecified atom stereocenters. The second kappa shape index (κ2) is 5.84. The smallest absolute Gasteiger partial charge is 0.148 e. The summed E-state index contributed by atoms with van der Waals surface area (Å²) in [7, 11) is -2.98. The van der Waals surface area contributed by atoms with E-state index in [1.165, 1.54) is 24.1 Å². The molecule has 0 amide bonds. The second-order valence-electron chi connectivity index (χ2n) is 3.92. The van der Waals surface area contributed by atoms with Crippen molar-refractivity contribution in [2.24, 2.45) is 5.73 Å². The predicted octanol–water partition coefficient (Wildman–Crippen LogP) is 1.98. The first-order valence-corrected chi connectivity index (χ1v) is 8.20. The van der Waals surface area contributed by atoms with Crippen LogP contribution in [0.4, 0.5) is 4.39 Å². The molecule has 0 aromatic heterocycles. The highest BCUT2D eigenvalue weighted by Crippen LogP contribution is 2.28. The van der Waals surface area contributed by atoms with E-state index in [1.54, 1.807) is 19.1 Å². The summed E-state index contributed by atoms with van der Waals surface area (Å²) in [6.07, 6.45) is 1.19. The number of thioether (sulfide) groups is 1. The first-order valence-electron chi connectivity index (χ1n) is 5.16. The van der Waals surface area contributed by atoms with Crippen molar-refractivity contribution in [3.05, 3.63) is 29.6 Å². The predicted molar refractivity (Wildman–Crippen MR) is 69.4 cm³/mol. The fraction of sp³-hybridized carbons (Fsp3) is 0.455. The Morgan fingerprint density at radius 1 is 1.47 bits per heavy atom. The van der Waals surface area contributed by atoms with Gasteiger partial charge in [0.2, 0.25) is 0 Å². The van der Waals surface area contributed by atoms with E-state index in [0.29, 0.717) is 16.2 Å². The van der Waals surface area contributed by atoms with Crippen LogP contribution in [0.1, 0.15) is 18.5 Å². The molecule has 96 valence electrons. The van der Waals surface area contributed by atoms with E-state index in [-0.39, 0.29) is 11.6 Å². The zero-order valence-corrected chi connectivity index (χ0v) is 11.4. The summed E-state index contributed by atoms with van der Waals surface area (Å²) >= 11 is 1.32. The minimum atomic E-state index is -2.98. The first-order chi connectivity index (χ1) is 7.81. The Morgan fingerprint density at radius 2 is 2.12 bits per heavy atom. The first kappa shape index (κ1) is 14.5. The largest absolute Gasteiger partial charge is 0.324 e. The van der Waals surface area contributed by atoms with E-state index < -0.39 is 15.9 Å². The van der Waals surface area contributed by atoms with Crippen molar-refractivity contribution in [1.82, 2.24) is 0 Å². The SMILES string of the molecule is C[C@H](N)c1c(F)cccc1SCCS(C)(=O)=O. The van der Waals surface area contributed by atoms with Gasteiger partial charge in [-0.1, -0.05) is 6.07 Å². The van der Waals surface area contributed by atoms with Gasteiger partial charge in [0.05, 0.1) is 5.75 Å². The summed E-state index contributed by atoms with van der Waals surface area (Å²) in [4.78, 5) is 0.712. The van der Waals surface area contributed by atoms with Crippen molar-refractivity contribution in [2.75, 3.05) is 17.8 Å². The van der Waals surface area contributed by atoms with Crippen LogP contribution >= 0.6 is 11.8 Å². The highest BCUT2D eigenvalue weighted by atomic mass is 32.2. The van der Waals surface area contributed by atoms with Crippen molar-refractivity contribution in [2.45, 2.75) is 17.9 Å². The summed E-state index contributed by atoms with van der Waals surface area (Å²) in [6.45, 7) is 1.71. The Balaban J connectivity index is 2.81. The molecule has 2 N–H and O–H groups in total. The van der Waals surface area contributed by atoms with Gasteiger partial charge in [0.1, 0.15) is 15.7 Å². The fourth-order valence-corrected chi connectivity index (χ4v) is 3.77. The van der Waals surface area contributed by atoms with Gasteiger partial charge in [0.15, 0.2) is 0 Å². The molecule has 0 saturated heterocycles. The number of halogens is 1. The summed E-state index contributed by atoms with van der Waals surface area (Å²) < 4.78 is 35.5. The van der Waals surface area contributed by atoms with Gasteiger partial charge < -0.3 is 5.73 Å². The molecular formula is C11H16FNO2S2. The van der Waals surface area contributed by atoms with Gasteiger partial charge >= 0.3 is 0 Å². The van der Waals surface area contributed by atoms with Gasteiger partial charge in [-0.25, -0.2) is 12.8 Å². The molecule has 3 nitrogen and oxygen atoms in total. The van der Waals surface area contributed by atoms with Gasteiger partial charge in [0, 0.05) is 28.5 Å². The summed E-state index contributed by atoms with van der Waals surface area (Å²) in [5.74, 6) is 0.138. The summed E-state index contributed by atoms with van der Waals surface area (Å²) in [6, 6.07) is 4.31. The lowest BCUT2D eigenvalue weighted by molar-refractivity contribution is 0.585. The quantitative estimate of drug-likeness (QED) is 0.836. The normalized spacial score (nSPS) is 13.6. The molecule has 0 heterocycles. The lowest BCUT2D eigenvalue weighted by Crippen LogP contribution is -2.10. The Hall–Kier alpha value is -0.590. The van der Waals surface area contributed by atoms with Crippen molar-refractivity contribution >= 4 is 21.6 Å². The molecule has 1 rings (SSSR count). The molecule has 6 heteroatoms. The van der Waals surface area contributed by atoms with Crippen LogP contribution in [0.3, 0.4) is 0 Å². The van der Waals surface area contributed by atoms with Crippen LogP contribution in [0, 0.1) is 5.82 Å². The maximum absolute atomic E-state index is 13.6. The van der Waals surface area contributed by atoms with Gasteiger partial charge in [-0.05, 0) is 19.1 Å². The number of hydrogen-bond donors (Lipinski definition) is 1. The van der Waals surface area contributed by atoms with E-state index >= 15 is 0 Å². The second-order valence-corrected chi connectivity index (χ2v) is 7.32. The van der Waals surface area contributed by atoms with Crippen molar-refractivity contribution < 1.29 is 12.8 Å². The third-order valence-corrected chi connectivity index (χ3v) is 4.46. The van der Waals surface area contributed by atoms with Crippen LogP contribution in [0.25, 0.3) is 0 Å². The number of rotatable bonds is 5. The number of hydrogen-bond acceptors (Lipinski definition) is 4. The molecular weight excluding hydrogens is 261 g/mol. The molecule has 0 fully saturated rings. The van der Waals surface area contributed by atoms with Crippen molar-refractivity contribution in [1.29, 1.82) is 0 Å². The van der Waals surface area contributed by atoms with Crippen LogP contribution in [0.2, 0.25) is 0 Å². The molecule has 0 spiro atoms. The molecule has 1 atom stereocenters. The number of nitrogens with two attached hydrogens (primary N) is 1. The maximum atomic E-state index is 13.6. The van der Waals surface area contributed by atoms with Gasteiger partial charge in [-0.2, -0.15) is 0 Å².